The van der Waals surface area contributed by atoms with Crippen LogP contribution in [-0.4, -0.2) is 84.1 Å². The number of carbonyl (C=O) groups excluding carboxylic acids is 1. The molecule has 4 aromatic rings. The molecule has 0 bridgehead atoms. The van der Waals surface area contributed by atoms with Crippen LogP contribution in [0.25, 0.3) is 11.0 Å². The molecule has 0 radical (unpaired) electrons. The van der Waals surface area contributed by atoms with E-state index in [9.17, 15) is 9.18 Å². The van der Waals surface area contributed by atoms with Crippen LogP contribution in [0.2, 0.25) is 0 Å². The maximum Gasteiger partial charge on any atom is 0.253 e. The van der Waals surface area contributed by atoms with Gasteiger partial charge in [0.25, 0.3) is 5.91 Å². The molecular weight excluding hydrogens is 515 g/mol. The molecule has 0 spiro atoms. The van der Waals surface area contributed by atoms with Gasteiger partial charge in [0.2, 0.25) is 5.95 Å². The van der Waals surface area contributed by atoms with Gasteiger partial charge in [-0.3, -0.25) is 4.79 Å². The number of likely N-dealkylation sites (N-methyl/N-ethyl adjacent to an activating group) is 1. The molecule has 0 saturated carbocycles. The largest absolute Gasteiger partial charge is 0.494 e. The van der Waals surface area contributed by atoms with E-state index in [4.69, 9.17) is 15.2 Å². The number of fused-ring (bicyclic) bond motifs is 1. The second-order valence-corrected chi connectivity index (χ2v) is 9.62. The fourth-order valence-electron chi connectivity index (χ4n) is 4.63. The highest BCUT2D eigenvalue weighted by atomic mass is 19.1. The quantitative estimate of drug-likeness (QED) is 0.207. The lowest BCUT2D eigenvalue weighted by atomic mass is 10.1. The number of anilines is 4. The third-order valence-electron chi connectivity index (χ3n) is 6.83. The van der Waals surface area contributed by atoms with Gasteiger partial charge in [-0.15, -0.1) is 0 Å². The number of halogens is 1. The number of ether oxygens (including phenoxy) is 2. The monoisotopic (exact) mass is 548 g/mol. The van der Waals surface area contributed by atoms with E-state index < -0.39 is 11.7 Å². The lowest BCUT2D eigenvalue weighted by Gasteiger charge is -2.32. The number of hydrogen-bond donors (Lipinski definition) is 4. The summed E-state index contributed by atoms with van der Waals surface area (Å²) >= 11 is 0. The SMILES string of the molecule is COc1cc(OCCCN2CCN(C)CC2)ccc1Nc1nc(Nc2cccc(F)c2C(N)=O)c2cc[nH]c2n1. The van der Waals surface area contributed by atoms with Crippen molar-refractivity contribution < 1.29 is 18.7 Å². The molecule has 1 aliphatic heterocycles. The number of rotatable bonds is 11. The maximum absolute atomic E-state index is 14.3. The van der Waals surface area contributed by atoms with Crippen LogP contribution in [0.1, 0.15) is 16.8 Å². The molecule has 1 amide bonds. The summed E-state index contributed by atoms with van der Waals surface area (Å²) in [6.07, 6.45) is 2.65. The van der Waals surface area contributed by atoms with Gasteiger partial charge in [-0.2, -0.15) is 9.97 Å². The van der Waals surface area contributed by atoms with Gasteiger partial charge in [0, 0.05) is 45.0 Å². The van der Waals surface area contributed by atoms with Gasteiger partial charge in [-0.1, -0.05) is 6.07 Å². The van der Waals surface area contributed by atoms with Crippen LogP contribution in [0.4, 0.5) is 27.5 Å². The molecule has 0 unspecified atom stereocenters. The number of piperazine rings is 1. The number of nitrogens with two attached hydrogens (primary N) is 1. The average Bonchev–Trinajstić information content (AvgIpc) is 3.42. The molecule has 5 rings (SSSR count). The van der Waals surface area contributed by atoms with Gasteiger partial charge in [-0.05, 0) is 43.8 Å². The zero-order valence-corrected chi connectivity index (χ0v) is 22.5. The number of H-pyrrole nitrogens is 1. The van der Waals surface area contributed by atoms with E-state index in [1.165, 1.54) is 12.1 Å². The van der Waals surface area contributed by atoms with E-state index in [0.29, 0.717) is 40.6 Å². The van der Waals surface area contributed by atoms with Gasteiger partial charge in [0.1, 0.15) is 28.8 Å². The Morgan fingerprint density at radius 3 is 2.70 bits per heavy atom. The van der Waals surface area contributed by atoms with Crippen molar-refractivity contribution >= 4 is 40.1 Å². The third kappa shape index (κ3) is 6.24. The average molecular weight is 549 g/mol. The number of hydrogen-bond acceptors (Lipinski definition) is 9. The highest BCUT2D eigenvalue weighted by molar-refractivity contribution is 6.01. The van der Waals surface area contributed by atoms with Crippen molar-refractivity contribution in [3.8, 4) is 11.5 Å². The lowest BCUT2D eigenvalue weighted by molar-refractivity contribution is 0.0997. The minimum absolute atomic E-state index is 0.200. The summed E-state index contributed by atoms with van der Waals surface area (Å²) < 4.78 is 25.9. The Hall–Kier alpha value is -4.42. The fourth-order valence-corrected chi connectivity index (χ4v) is 4.63. The van der Waals surface area contributed by atoms with Crippen LogP contribution in [0.15, 0.2) is 48.7 Å². The number of primary amides is 1. The molecule has 11 nitrogen and oxygen atoms in total. The molecule has 1 saturated heterocycles. The van der Waals surface area contributed by atoms with E-state index in [1.807, 2.05) is 18.2 Å². The highest BCUT2D eigenvalue weighted by Gasteiger charge is 2.18. The first kappa shape index (κ1) is 27.2. The summed E-state index contributed by atoms with van der Waals surface area (Å²) in [5.74, 6) is 0.275. The van der Waals surface area contributed by atoms with E-state index in [0.717, 1.165) is 39.1 Å². The molecule has 2 aromatic heterocycles. The highest BCUT2D eigenvalue weighted by Crippen LogP contribution is 2.33. The van der Waals surface area contributed by atoms with Crippen LogP contribution < -0.4 is 25.8 Å². The molecule has 210 valence electrons. The van der Waals surface area contributed by atoms with Crippen molar-refractivity contribution in [2.24, 2.45) is 5.73 Å². The Labute approximate surface area is 231 Å². The fraction of sp³-hybridized carbons (Fsp3) is 0.321. The number of carbonyl (C=O) groups is 1. The Bertz CT molecular complexity index is 1490. The molecule has 1 aliphatic rings. The minimum Gasteiger partial charge on any atom is -0.494 e. The topological polar surface area (TPSA) is 134 Å². The third-order valence-corrected chi connectivity index (χ3v) is 6.83. The summed E-state index contributed by atoms with van der Waals surface area (Å²) in [5.41, 5.74) is 6.54. The number of aromatic amines is 1. The van der Waals surface area contributed by atoms with E-state index in [-0.39, 0.29) is 17.2 Å². The van der Waals surface area contributed by atoms with Crippen LogP contribution in [0, 0.1) is 5.82 Å². The first-order valence-electron chi connectivity index (χ1n) is 13.1. The van der Waals surface area contributed by atoms with E-state index in [1.54, 1.807) is 25.4 Å². The van der Waals surface area contributed by atoms with Gasteiger partial charge in [0.15, 0.2) is 0 Å². The Morgan fingerprint density at radius 2 is 1.93 bits per heavy atom. The number of nitrogens with one attached hydrogen (secondary N) is 3. The summed E-state index contributed by atoms with van der Waals surface area (Å²) in [6.45, 7) is 6.00. The van der Waals surface area contributed by atoms with Gasteiger partial charge >= 0.3 is 0 Å². The van der Waals surface area contributed by atoms with Crippen molar-refractivity contribution in [1.29, 1.82) is 0 Å². The molecule has 0 aliphatic carbocycles. The minimum atomic E-state index is -0.885. The van der Waals surface area contributed by atoms with E-state index >= 15 is 0 Å². The summed E-state index contributed by atoms with van der Waals surface area (Å²) in [4.78, 5) is 28.9. The number of nitrogens with zero attached hydrogens (tertiary/aromatic N) is 4. The van der Waals surface area contributed by atoms with Crippen molar-refractivity contribution in [3.63, 3.8) is 0 Å². The Kier molecular flexibility index (Phi) is 8.27. The molecule has 12 heteroatoms. The summed E-state index contributed by atoms with van der Waals surface area (Å²) in [7, 11) is 3.73. The predicted octanol–water partition coefficient (Wildman–Crippen LogP) is 3.71. The second-order valence-electron chi connectivity index (χ2n) is 9.62. The standard InChI is InChI=1S/C28H33FN8O3/c1-36-12-14-37(15-13-36)11-4-16-40-18-7-8-21(23(17-18)39-2)33-28-34-26-19(9-10-31-26)27(35-28)32-22-6-3-5-20(29)24(22)25(30)38/h3,5-10,17H,4,11-16H2,1-2H3,(H2,30,38)(H3,31,32,33,34,35). The Balaban J connectivity index is 1.29. The smallest absolute Gasteiger partial charge is 0.253 e. The number of methoxy groups -OCH3 is 1. The molecule has 1 fully saturated rings. The van der Waals surface area contributed by atoms with Crippen molar-refractivity contribution in [1.82, 2.24) is 24.8 Å². The van der Waals surface area contributed by atoms with Gasteiger partial charge < -0.3 is 40.6 Å². The van der Waals surface area contributed by atoms with Gasteiger partial charge in [-0.25, -0.2) is 4.39 Å². The van der Waals surface area contributed by atoms with Crippen LogP contribution in [0.5, 0.6) is 11.5 Å². The molecule has 40 heavy (non-hydrogen) atoms. The summed E-state index contributed by atoms with van der Waals surface area (Å²) in [6, 6.07) is 11.5. The predicted molar refractivity (Wildman–Crippen MR) is 152 cm³/mol. The zero-order chi connectivity index (χ0) is 28.1. The van der Waals surface area contributed by atoms with Crippen LogP contribution >= 0.6 is 0 Å². The first-order chi connectivity index (χ1) is 19.4. The van der Waals surface area contributed by atoms with Crippen molar-refractivity contribution in [2.45, 2.75) is 6.42 Å². The van der Waals surface area contributed by atoms with Crippen LogP contribution in [-0.2, 0) is 0 Å². The van der Waals surface area contributed by atoms with Crippen molar-refractivity contribution in [3.05, 3.63) is 60.0 Å². The zero-order valence-electron chi connectivity index (χ0n) is 22.5. The molecule has 5 N–H and O–H groups in total. The van der Waals surface area contributed by atoms with E-state index in [2.05, 4.69) is 42.4 Å². The Morgan fingerprint density at radius 1 is 1.10 bits per heavy atom. The number of benzene rings is 2. The van der Waals surface area contributed by atoms with Gasteiger partial charge in [0.05, 0.1) is 36.0 Å². The number of aromatic nitrogens is 3. The first-order valence-corrected chi connectivity index (χ1v) is 13.1. The molecular formula is C28H33FN8O3. The normalized spacial score (nSPS) is 14.3. The number of amides is 1. The molecule has 3 heterocycles. The van der Waals surface area contributed by atoms with Crippen LogP contribution in [0.3, 0.4) is 0 Å². The molecule has 2 aromatic carbocycles. The van der Waals surface area contributed by atoms with Crippen molar-refractivity contribution in [2.75, 3.05) is 64.1 Å². The lowest BCUT2D eigenvalue weighted by Crippen LogP contribution is -2.44. The maximum atomic E-state index is 14.3. The summed E-state index contributed by atoms with van der Waals surface area (Å²) in [5, 5.41) is 6.87. The molecule has 0 atom stereocenters. The second kappa shape index (κ2) is 12.2.